The molecule has 1 amide bonds. The smallest absolute Gasteiger partial charge is 0.247 e. The number of hydrogen-bond acceptors (Lipinski definition) is 9. The molecule has 0 aliphatic heterocycles. The van der Waals surface area contributed by atoms with Crippen molar-refractivity contribution in [3.63, 3.8) is 0 Å². The van der Waals surface area contributed by atoms with E-state index >= 15 is 0 Å². The van der Waals surface area contributed by atoms with Gasteiger partial charge in [-0.3, -0.25) is 4.79 Å². The highest BCUT2D eigenvalue weighted by molar-refractivity contribution is 6.02. The fourth-order valence-corrected chi connectivity index (χ4v) is 5.10. The summed E-state index contributed by atoms with van der Waals surface area (Å²) in [4.78, 5) is 34.2. The summed E-state index contributed by atoms with van der Waals surface area (Å²) in [7, 11) is 7.59. The Hall–Kier alpha value is -5.26. The monoisotopic (exact) mass is 620 g/mol. The maximum Gasteiger partial charge on any atom is 0.247 e. The first-order chi connectivity index (χ1) is 22.3. The predicted octanol–water partition coefficient (Wildman–Crippen LogP) is 5.49. The van der Waals surface area contributed by atoms with Crippen molar-refractivity contribution in [1.29, 1.82) is 0 Å². The molecular weight excluding hydrogens is 580 g/mol. The van der Waals surface area contributed by atoms with Gasteiger partial charge in [-0.05, 0) is 55.6 Å². The zero-order chi connectivity index (χ0) is 32.6. The Kier molecular flexibility index (Phi) is 10.3. The largest absolute Gasteiger partial charge is 0.494 e. The lowest BCUT2D eigenvalue weighted by Gasteiger charge is -2.26. The second-order valence-electron chi connectivity index (χ2n) is 11.2. The van der Waals surface area contributed by atoms with Crippen LogP contribution in [0.4, 0.5) is 23.0 Å². The maximum atomic E-state index is 12.4. The molecule has 0 atom stereocenters. The van der Waals surface area contributed by atoms with E-state index < -0.39 is 0 Å². The zero-order valence-electron chi connectivity index (χ0n) is 26.7. The molecule has 0 unspecified atom stereocenters. The van der Waals surface area contributed by atoms with Crippen LogP contribution in [0.1, 0.15) is 12.2 Å². The Morgan fingerprint density at radius 1 is 1.02 bits per heavy atom. The van der Waals surface area contributed by atoms with Crippen molar-refractivity contribution >= 4 is 39.7 Å². The summed E-state index contributed by atoms with van der Waals surface area (Å²) in [5.74, 6) is 1.33. The normalized spacial score (nSPS) is 11.1. The van der Waals surface area contributed by atoms with Crippen molar-refractivity contribution in [1.82, 2.24) is 24.8 Å². The number of hydrogen-bond donors (Lipinski definition) is 4. The predicted molar refractivity (Wildman–Crippen MR) is 185 cm³/mol. The van der Waals surface area contributed by atoms with E-state index in [0.29, 0.717) is 41.6 Å². The molecule has 0 aliphatic carbocycles. The number of benzene rings is 3. The van der Waals surface area contributed by atoms with Crippen LogP contribution in [0.2, 0.25) is 0 Å². The van der Waals surface area contributed by atoms with Gasteiger partial charge in [-0.15, -0.1) is 0 Å². The number of likely N-dealkylation sites (N-methyl/N-ethyl adjacent to an activating group) is 2. The summed E-state index contributed by atoms with van der Waals surface area (Å²) in [6.45, 7) is 5.23. The first-order valence-corrected chi connectivity index (χ1v) is 15.1. The first kappa shape index (κ1) is 32.1. The number of amides is 1. The molecule has 0 radical (unpaired) electrons. The Labute approximate surface area is 269 Å². The summed E-state index contributed by atoms with van der Waals surface area (Å²) in [5, 5.41) is 17.9. The van der Waals surface area contributed by atoms with E-state index in [1.165, 1.54) is 6.08 Å². The van der Waals surface area contributed by atoms with Crippen molar-refractivity contribution in [2.45, 2.75) is 12.8 Å². The Balaban J connectivity index is 1.52. The number of anilines is 4. The van der Waals surface area contributed by atoms with Crippen LogP contribution in [0, 0.1) is 0 Å². The van der Waals surface area contributed by atoms with Gasteiger partial charge in [0.25, 0.3) is 0 Å². The first-order valence-electron chi connectivity index (χ1n) is 15.1. The minimum absolute atomic E-state index is 0.0736. The molecule has 46 heavy (non-hydrogen) atoms. The van der Waals surface area contributed by atoms with E-state index in [4.69, 9.17) is 14.7 Å². The molecule has 0 fully saturated rings. The highest BCUT2D eigenvalue weighted by Gasteiger charge is 2.19. The quantitative estimate of drug-likeness (QED) is 0.119. The van der Waals surface area contributed by atoms with Gasteiger partial charge in [0.2, 0.25) is 11.9 Å². The molecule has 0 saturated heterocycles. The third kappa shape index (κ3) is 7.51. The van der Waals surface area contributed by atoms with Crippen molar-refractivity contribution < 1.29 is 14.6 Å². The molecule has 5 aromatic rings. The number of H-pyrrole nitrogens is 1. The second kappa shape index (κ2) is 14.7. The number of aromatic amines is 1. The SMILES string of the molecule is C=CC(=O)Nc1cc(Nc2nccc(-c3[nH]c(CCCO)nc3-c3ccc4ccccc4c3)n2)c(OC)cc1N(C)CCN(C)C. The molecule has 11 nitrogen and oxygen atoms in total. The van der Waals surface area contributed by atoms with E-state index in [0.717, 1.165) is 52.3 Å². The molecule has 0 spiro atoms. The van der Waals surface area contributed by atoms with Gasteiger partial charge >= 0.3 is 0 Å². The fraction of sp³-hybridized carbons (Fsp3) is 0.257. The van der Waals surface area contributed by atoms with Gasteiger partial charge in [0, 0.05) is 51.0 Å². The third-order valence-electron chi connectivity index (χ3n) is 7.56. The van der Waals surface area contributed by atoms with Crippen LogP contribution in [-0.4, -0.2) is 83.8 Å². The molecule has 3 aromatic carbocycles. The molecule has 2 heterocycles. The Morgan fingerprint density at radius 2 is 1.83 bits per heavy atom. The number of nitrogens with one attached hydrogen (secondary N) is 3. The van der Waals surface area contributed by atoms with Crippen LogP contribution in [0.5, 0.6) is 5.75 Å². The zero-order valence-corrected chi connectivity index (χ0v) is 26.7. The van der Waals surface area contributed by atoms with Gasteiger partial charge in [-0.25, -0.2) is 15.0 Å². The number of nitrogens with zero attached hydrogens (tertiary/aromatic N) is 5. The number of imidazole rings is 1. The lowest BCUT2D eigenvalue weighted by Crippen LogP contribution is -2.29. The van der Waals surface area contributed by atoms with E-state index in [2.05, 4.69) is 67.3 Å². The summed E-state index contributed by atoms with van der Waals surface area (Å²) in [5.41, 5.74) is 5.06. The maximum absolute atomic E-state index is 12.4. The molecule has 11 heteroatoms. The van der Waals surface area contributed by atoms with Crippen LogP contribution in [-0.2, 0) is 11.2 Å². The number of carbonyl (C=O) groups is 1. The Morgan fingerprint density at radius 3 is 2.57 bits per heavy atom. The van der Waals surface area contributed by atoms with Gasteiger partial charge in [0.05, 0.1) is 41.3 Å². The number of aliphatic hydroxyl groups is 1. The highest BCUT2D eigenvalue weighted by atomic mass is 16.5. The number of rotatable bonds is 14. The molecular formula is C35H40N8O3. The van der Waals surface area contributed by atoms with Crippen LogP contribution in [0.25, 0.3) is 33.4 Å². The molecule has 0 bridgehead atoms. The topological polar surface area (TPSA) is 132 Å². The number of ether oxygens (including phenoxy) is 1. The second-order valence-corrected chi connectivity index (χ2v) is 11.2. The number of methoxy groups -OCH3 is 1. The lowest BCUT2D eigenvalue weighted by molar-refractivity contribution is -0.111. The third-order valence-corrected chi connectivity index (χ3v) is 7.56. The average molecular weight is 621 g/mol. The fourth-order valence-electron chi connectivity index (χ4n) is 5.10. The summed E-state index contributed by atoms with van der Waals surface area (Å²) >= 11 is 0. The van der Waals surface area contributed by atoms with E-state index in [1.54, 1.807) is 13.3 Å². The highest BCUT2D eigenvalue weighted by Crippen LogP contribution is 2.38. The van der Waals surface area contributed by atoms with Crippen molar-refractivity contribution in [2.75, 3.05) is 63.5 Å². The van der Waals surface area contributed by atoms with Crippen molar-refractivity contribution in [2.24, 2.45) is 0 Å². The minimum atomic E-state index is -0.325. The molecule has 4 N–H and O–H groups in total. The van der Waals surface area contributed by atoms with E-state index in [9.17, 15) is 9.90 Å². The van der Waals surface area contributed by atoms with Crippen molar-refractivity contribution in [3.8, 4) is 28.4 Å². The standard InChI is InChI=1S/C35H40N8O3/c1-6-32(45)37-27-21-28(30(46-5)22-29(27)43(4)18-17-42(2)3)39-35-36-16-15-26(38-35)34-33(40-31(41-34)12-9-19-44)25-14-13-23-10-7-8-11-24(23)20-25/h6-8,10-11,13-16,20-22,44H,1,9,12,17-19H2,2-5H3,(H,37,45)(H,40,41)(H,36,38,39). The van der Waals surface area contributed by atoms with Gasteiger partial charge in [0.1, 0.15) is 11.6 Å². The molecule has 0 saturated carbocycles. The van der Waals surface area contributed by atoms with E-state index in [1.807, 2.05) is 51.5 Å². The molecule has 0 aliphatic rings. The molecule has 2 aromatic heterocycles. The molecule has 238 valence electrons. The number of aromatic nitrogens is 4. The van der Waals surface area contributed by atoms with Gasteiger partial charge in [-0.1, -0.05) is 43.0 Å². The lowest BCUT2D eigenvalue weighted by atomic mass is 10.0. The van der Waals surface area contributed by atoms with Crippen LogP contribution in [0.15, 0.2) is 79.5 Å². The van der Waals surface area contributed by atoms with Crippen LogP contribution < -0.4 is 20.3 Å². The Bertz CT molecular complexity index is 1830. The van der Waals surface area contributed by atoms with Crippen molar-refractivity contribution in [3.05, 3.63) is 85.3 Å². The number of aryl methyl sites for hydroxylation is 1. The average Bonchev–Trinajstić information content (AvgIpc) is 3.50. The summed E-state index contributed by atoms with van der Waals surface area (Å²) < 4.78 is 5.76. The van der Waals surface area contributed by atoms with E-state index in [-0.39, 0.29) is 12.5 Å². The molecule has 5 rings (SSSR count). The number of fused-ring (bicyclic) bond motifs is 1. The minimum Gasteiger partial charge on any atom is -0.494 e. The van der Waals surface area contributed by atoms with Crippen LogP contribution in [0.3, 0.4) is 0 Å². The van der Waals surface area contributed by atoms with Gasteiger partial charge in [-0.2, -0.15) is 0 Å². The number of carbonyl (C=O) groups excluding carboxylic acids is 1. The van der Waals surface area contributed by atoms with Gasteiger partial charge in [0.15, 0.2) is 0 Å². The number of aliphatic hydroxyl groups excluding tert-OH is 1. The van der Waals surface area contributed by atoms with Gasteiger partial charge < -0.3 is 35.3 Å². The van der Waals surface area contributed by atoms with Crippen LogP contribution >= 0.6 is 0 Å². The summed E-state index contributed by atoms with van der Waals surface area (Å²) in [6.07, 6.45) is 4.10. The summed E-state index contributed by atoms with van der Waals surface area (Å²) in [6, 6.07) is 20.0.